The smallest absolute Gasteiger partial charge is 0.282 e. The van der Waals surface area contributed by atoms with E-state index in [2.05, 4.69) is 5.32 Å². The summed E-state index contributed by atoms with van der Waals surface area (Å²) in [7, 11) is -3.61. The highest BCUT2D eigenvalue weighted by Crippen LogP contribution is 2.24. The van der Waals surface area contributed by atoms with Gasteiger partial charge in [0.15, 0.2) is 6.04 Å². The van der Waals surface area contributed by atoms with Crippen molar-refractivity contribution in [2.75, 3.05) is 31.6 Å². The highest BCUT2D eigenvalue weighted by molar-refractivity contribution is 7.89. The molecular weight excluding hydrogens is 354 g/mol. The SMILES string of the molecule is Cc1ccc(NC(=O)[C@@H](C)[NH2+]C(C)(C)C)cc1S(=O)(=O)N1CCOCC1. The lowest BCUT2D eigenvalue weighted by Gasteiger charge is -2.27. The molecule has 0 radical (unpaired) electrons. The number of rotatable bonds is 5. The summed E-state index contributed by atoms with van der Waals surface area (Å²) in [6.45, 7) is 11.2. The summed E-state index contributed by atoms with van der Waals surface area (Å²) in [6.07, 6.45) is 0. The van der Waals surface area contributed by atoms with Crippen molar-refractivity contribution in [3.63, 3.8) is 0 Å². The van der Waals surface area contributed by atoms with E-state index in [1.54, 1.807) is 25.1 Å². The van der Waals surface area contributed by atoms with Gasteiger partial charge in [-0.3, -0.25) is 4.79 Å². The molecule has 1 aliphatic heterocycles. The Bertz CT molecular complexity index is 750. The largest absolute Gasteiger partial charge is 0.379 e. The van der Waals surface area contributed by atoms with Gasteiger partial charge in [0.25, 0.3) is 5.91 Å². The zero-order valence-corrected chi connectivity index (χ0v) is 17.0. The van der Waals surface area contributed by atoms with E-state index in [0.29, 0.717) is 37.6 Å². The third-order valence-electron chi connectivity index (χ3n) is 4.21. The van der Waals surface area contributed by atoms with E-state index in [-0.39, 0.29) is 22.4 Å². The number of benzene rings is 1. The maximum atomic E-state index is 12.9. The molecule has 1 aliphatic rings. The van der Waals surface area contributed by atoms with Crippen molar-refractivity contribution >= 4 is 21.6 Å². The number of sulfonamides is 1. The van der Waals surface area contributed by atoms with Gasteiger partial charge in [0.2, 0.25) is 10.0 Å². The van der Waals surface area contributed by atoms with Gasteiger partial charge >= 0.3 is 0 Å². The average molecular weight is 385 g/mol. The summed E-state index contributed by atoms with van der Waals surface area (Å²) in [5.74, 6) is -0.154. The van der Waals surface area contributed by atoms with Crippen LogP contribution >= 0.6 is 0 Å². The number of quaternary nitrogens is 1. The van der Waals surface area contributed by atoms with Crippen molar-refractivity contribution in [2.24, 2.45) is 0 Å². The molecule has 8 heteroatoms. The molecule has 7 nitrogen and oxygen atoms in total. The van der Waals surface area contributed by atoms with Crippen LogP contribution in [0, 0.1) is 6.92 Å². The van der Waals surface area contributed by atoms with Crippen LogP contribution in [-0.2, 0) is 19.6 Å². The molecule has 1 atom stereocenters. The van der Waals surface area contributed by atoms with Crippen molar-refractivity contribution in [3.8, 4) is 0 Å². The molecule has 26 heavy (non-hydrogen) atoms. The second kappa shape index (κ2) is 8.04. The Kier molecular flexibility index (Phi) is 6.44. The molecule has 1 aromatic rings. The van der Waals surface area contributed by atoms with Gasteiger partial charge in [0, 0.05) is 18.8 Å². The van der Waals surface area contributed by atoms with E-state index in [0.717, 1.165) is 0 Å². The van der Waals surface area contributed by atoms with E-state index in [4.69, 9.17) is 4.74 Å². The Hall–Kier alpha value is -1.48. The van der Waals surface area contributed by atoms with E-state index in [1.165, 1.54) is 4.31 Å². The number of anilines is 1. The first-order chi connectivity index (χ1) is 12.0. The zero-order valence-electron chi connectivity index (χ0n) is 16.2. The predicted molar refractivity (Wildman–Crippen MR) is 101 cm³/mol. The molecule has 0 unspecified atom stereocenters. The zero-order chi connectivity index (χ0) is 19.5. The lowest BCUT2D eigenvalue weighted by molar-refractivity contribution is -0.733. The third kappa shape index (κ3) is 5.26. The van der Waals surface area contributed by atoms with Crippen LogP contribution in [0.1, 0.15) is 33.3 Å². The van der Waals surface area contributed by atoms with Crippen LogP contribution in [0.25, 0.3) is 0 Å². The highest BCUT2D eigenvalue weighted by atomic mass is 32.2. The number of ether oxygens (including phenoxy) is 1. The van der Waals surface area contributed by atoms with Crippen LogP contribution in [0.3, 0.4) is 0 Å². The minimum Gasteiger partial charge on any atom is -0.379 e. The Morgan fingerprint density at radius 2 is 1.88 bits per heavy atom. The van der Waals surface area contributed by atoms with Crippen LogP contribution in [0.15, 0.2) is 23.1 Å². The Morgan fingerprint density at radius 1 is 1.27 bits per heavy atom. The summed E-state index contributed by atoms with van der Waals surface area (Å²) in [5.41, 5.74) is 1.07. The molecule has 1 heterocycles. The number of nitrogens with two attached hydrogens (primary N) is 1. The minimum atomic E-state index is -3.61. The summed E-state index contributed by atoms with van der Waals surface area (Å²) in [4.78, 5) is 12.6. The first-order valence-electron chi connectivity index (χ1n) is 8.86. The summed E-state index contributed by atoms with van der Waals surface area (Å²) in [5, 5.41) is 4.80. The van der Waals surface area contributed by atoms with Gasteiger partial charge in [-0.15, -0.1) is 0 Å². The van der Waals surface area contributed by atoms with Gasteiger partial charge in [-0.05, 0) is 52.3 Å². The number of morpholine rings is 1. The van der Waals surface area contributed by atoms with Crippen molar-refractivity contribution in [1.82, 2.24) is 4.31 Å². The Morgan fingerprint density at radius 3 is 2.46 bits per heavy atom. The predicted octanol–water partition coefficient (Wildman–Crippen LogP) is 0.705. The Balaban J connectivity index is 2.20. The van der Waals surface area contributed by atoms with E-state index < -0.39 is 10.0 Å². The summed E-state index contributed by atoms with van der Waals surface area (Å²) in [6, 6.07) is 4.72. The van der Waals surface area contributed by atoms with Crippen LogP contribution in [0.5, 0.6) is 0 Å². The van der Waals surface area contributed by atoms with E-state index in [9.17, 15) is 13.2 Å². The number of carbonyl (C=O) groups is 1. The van der Waals surface area contributed by atoms with Crippen LogP contribution in [0.4, 0.5) is 5.69 Å². The molecule has 0 aromatic heterocycles. The van der Waals surface area contributed by atoms with Gasteiger partial charge < -0.3 is 15.4 Å². The maximum Gasteiger partial charge on any atom is 0.282 e. The molecule has 1 saturated heterocycles. The second-order valence-electron chi connectivity index (χ2n) is 7.81. The molecule has 0 aliphatic carbocycles. The standard InChI is InChI=1S/C18H29N3O4S/c1-13-6-7-15(19-17(22)14(2)20-18(3,4)5)12-16(13)26(23,24)21-8-10-25-11-9-21/h6-7,12,14,20H,8-11H2,1-5H3,(H,19,22)/p+1/t14-/m1/s1. The molecule has 1 amide bonds. The lowest BCUT2D eigenvalue weighted by atomic mass is 10.1. The fraction of sp³-hybridized carbons (Fsp3) is 0.611. The third-order valence-corrected chi connectivity index (χ3v) is 6.25. The second-order valence-corrected chi connectivity index (χ2v) is 9.71. The van der Waals surface area contributed by atoms with Crippen molar-refractivity contribution < 1.29 is 23.3 Å². The topological polar surface area (TPSA) is 92.3 Å². The molecule has 1 aromatic carbocycles. The highest BCUT2D eigenvalue weighted by Gasteiger charge is 2.29. The molecule has 1 fully saturated rings. The van der Waals surface area contributed by atoms with Crippen LogP contribution in [0.2, 0.25) is 0 Å². The van der Waals surface area contributed by atoms with Crippen LogP contribution < -0.4 is 10.6 Å². The quantitative estimate of drug-likeness (QED) is 0.782. The summed E-state index contributed by atoms with van der Waals surface area (Å²) >= 11 is 0. The number of amides is 1. The number of nitrogens with one attached hydrogen (secondary N) is 1. The minimum absolute atomic E-state index is 0.0745. The molecule has 0 bridgehead atoms. The maximum absolute atomic E-state index is 12.9. The molecular formula is C18H30N3O4S+. The monoisotopic (exact) mass is 384 g/mol. The Labute approximate surface area is 156 Å². The van der Waals surface area contributed by atoms with Crippen molar-refractivity contribution in [2.45, 2.75) is 51.1 Å². The van der Waals surface area contributed by atoms with Gasteiger partial charge in [-0.25, -0.2) is 8.42 Å². The molecule has 146 valence electrons. The van der Waals surface area contributed by atoms with Gasteiger partial charge in [0.05, 0.1) is 23.6 Å². The molecule has 2 rings (SSSR count). The fourth-order valence-corrected chi connectivity index (χ4v) is 4.62. The lowest BCUT2D eigenvalue weighted by Crippen LogP contribution is -3.00. The van der Waals surface area contributed by atoms with E-state index in [1.807, 2.05) is 33.0 Å². The normalized spacial score (nSPS) is 17.7. The average Bonchev–Trinajstić information content (AvgIpc) is 2.55. The first kappa shape index (κ1) is 20.8. The number of aryl methyl sites for hydroxylation is 1. The molecule has 0 saturated carbocycles. The van der Waals surface area contributed by atoms with Gasteiger partial charge in [0.1, 0.15) is 0 Å². The van der Waals surface area contributed by atoms with Crippen molar-refractivity contribution in [1.29, 1.82) is 0 Å². The number of hydrogen-bond acceptors (Lipinski definition) is 4. The molecule has 3 N–H and O–H groups in total. The van der Waals surface area contributed by atoms with Crippen LogP contribution in [-0.4, -0.2) is 56.5 Å². The van der Waals surface area contributed by atoms with Gasteiger partial charge in [-0.2, -0.15) is 4.31 Å². The number of nitrogens with zero attached hydrogens (tertiary/aromatic N) is 1. The van der Waals surface area contributed by atoms with Crippen molar-refractivity contribution in [3.05, 3.63) is 23.8 Å². The molecule has 0 spiro atoms. The fourth-order valence-electron chi connectivity index (χ4n) is 2.96. The first-order valence-corrected chi connectivity index (χ1v) is 10.3. The van der Waals surface area contributed by atoms with E-state index >= 15 is 0 Å². The summed E-state index contributed by atoms with van der Waals surface area (Å²) < 4.78 is 32.5. The van der Waals surface area contributed by atoms with Gasteiger partial charge in [-0.1, -0.05) is 6.07 Å². The number of hydrogen-bond donors (Lipinski definition) is 2. The number of carbonyl (C=O) groups excluding carboxylic acids is 1.